The first-order valence-electron chi connectivity index (χ1n) is 14.9. The molecule has 4 aromatic rings. The summed E-state index contributed by atoms with van der Waals surface area (Å²) in [4.78, 5) is 34.5. The van der Waals surface area contributed by atoms with Gasteiger partial charge in [-0.2, -0.15) is 0 Å². The highest BCUT2D eigenvalue weighted by atomic mass is 14.9. The lowest BCUT2D eigenvalue weighted by atomic mass is 9.75. The van der Waals surface area contributed by atoms with E-state index in [-0.39, 0.29) is 0 Å². The van der Waals surface area contributed by atoms with Gasteiger partial charge in [0.1, 0.15) is 5.41 Å². The van der Waals surface area contributed by atoms with Crippen molar-refractivity contribution in [2.24, 2.45) is 20.0 Å². The molecule has 212 valence electrons. The first-order valence-corrected chi connectivity index (χ1v) is 14.9. The molecular formula is C37H24N8. The zero-order valence-corrected chi connectivity index (χ0v) is 23.8. The van der Waals surface area contributed by atoms with Crippen LogP contribution in [0.3, 0.4) is 0 Å². The fourth-order valence-electron chi connectivity index (χ4n) is 6.77. The lowest BCUT2D eigenvalue weighted by Gasteiger charge is -2.31. The minimum Gasteiger partial charge on any atom is -0.357 e. The smallest absolute Gasteiger partial charge is 0.130 e. The first-order chi connectivity index (χ1) is 22.2. The van der Waals surface area contributed by atoms with E-state index in [0.717, 1.165) is 91.2 Å². The Morgan fingerprint density at radius 2 is 0.600 bits per heavy atom. The second kappa shape index (κ2) is 8.87. The van der Waals surface area contributed by atoms with Crippen LogP contribution in [0.25, 0.3) is 24.3 Å². The number of hydrogen-bond acceptors (Lipinski definition) is 4. The van der Waals surface area contributed by atoms with E-state index in [1.165, 1.54) is 0 Å². The number of H-pyrrole nitrogens is 4. The first kappa shape index (κ1) is 24.2. The fraction of sp³-hybridized carbons (Fsp3) is 0.0270. The zero-order chi connectivity index (χ0) is 29.5. The summed E-state index contributed by atoms with van der Waals surface area (Å²) in [7, 11) is 0. The maximum absolute atomic E-state index is 4.86. The second-order valence-electron chi connectivity index (χ2n) is 11.7. The van der Waals surface area contributed by atoms with E-state index in [0.29, 0.717) is 0 Å². The predicted octanol–water partition coefficient (Wildman–Crippen LogP) is 6.82. The fourth-order valence-corrected chi connectivity index (χ4v) is 6.77. The molecule has 0 unspecified atom stereocenters. The van der Waals surface area contributed by atoms with Crippen LogP contribution in [0.2, 0.25) is 0 Å². The summed E-state index contributed by atoms with van der Waals surface area (Å²) in [5.41, 5.74) is 13.9. The monoisotopic (exact) mass is 580 g/mol. The third-order valence-electron chi connectivity index (χ3n) is 8.83. The second-order valence-corrected chi connectivity index (χ2v) is 11.7. The number of nitrogens with zero attached hydrogens (tertiary/aromatic N) is 4. The third kappa shape index (κ3) is 3.72. The lowest BCUT2D eigenvalue weighted by Crippen LogP contribution is -2.33. The number of fused-ring (bicyclic) bond motifs is 18. The van der Waals surface area contributed by atoms with Crippen LogP contribution in [0, 0.1) is 0 Å². The molecular weight excluding hydrogens is 556 g/mol. The summed E-state index contributed by atoms with van der Waals surface area (Å²) in [6, 6.07) is 17.1. The van der Waals surface area contributed by atoms with E-state index in [1.807, 2.05) is 48.6 Å². The molecule has 4 N–H and O–H groups in total. The molecule has 0 saturated heterocycles. The Bertz CT molecular complexity index is 2030. The van der Waals surface area contributed by atoms with Gasteiger partial charge in [0, 0.05) is 45.6 Å². The van der Waals surface area contributed by atoms with Gasteiger partial charge >= 0.3 is 0 Å². The van der Waals surface area contributed by atoms with Crippen LogP contribution in [-0.2, 0) is 5.41 Å². The molecule has 8 nitrogen and oxygen atoms in total. The molecule has 0 fully saturated rings. The molecule has 0 radical (unpaired) electrons. The number of rotatable bonds is 0. The van der Waals surface area contributed by atoms with Crippen LogP contribution >= 0.6 is 0 Å². The molecule has 0 atom stereocenters. The highest BCUT2D eigenvalue weighted by Gasteiger charge is 2.43. The SMILES string of the molecule is C1=C/C2=C/c3ccc([nH]3)C3(c4ccc([nH]4)/C=C4/C=CC(=N4)C1=N2)c1ccc([nH]1)/C=C1/C=CC(=N1)C1=N/C(=C\c2ccc3[nH]2)C=C1. The summed E-state index contributed by atoms with van der Waals surface area (Å²) < 4.78 is 0. The van der Waals surface area contributed by atoms with E-state index in [4.69, 9.17) is 20.0 Å². The average Bonchev–Trinajstić information content (AvgIpc) is 3.87. The molecule has 6 aliphatic heterocycles. The Labute approximate surface area is 257 Å². The highest BCUT2D eigenvalue weighted by Crippen LogP contribution is 2.44. The summed E-state index contributed by atoms with van der Waals surface area (Å²) in [5.74, 6) is 0. The van der Waals surface area contributed by atoms with Crippen molar-refractivity contribution in [1.82, 2.24) is 19.9 Å². The summed E-state index contributed by atoms with van der Waals surface area (Å²) in [5, 5.41) is 0. The molecule has 6 aliphatic rings. The number of allylic oxidation sites excluding steroid dienone is 8. The largest absolute Gasteiger partial charge is 0.357 e. The van der Waals surface area contributed by atoms with Crippen LogP contribution in [0.5, 0.6) is 0 Å². The zero-order valence-electron chi connectivity index (χ0n) is 23.8. The van der Waals surface area contributed by atoms with Crippen molar-refractivity contribution in [2.45, 2.75) is 5.41 Å². The van der Waals surface area contributed by atoms with Crippen LogP contribution in [0.1, 0.15) is 45.6 Å². The molecule has 10 rings (SSSR count). The molecule has 0 aliphatic carbocycles. The topological polar surface area (TPSA) is 113 Å². The van der Waals surface area contributed by atoms with Gasteiger partial charge in [-0.1, -0.05) is 0 Å². The van der Waals surface area contributed by atoms with Crippen molar-refractivity contribution in [3.05, 3.63) is 165 Å². The number of aromatic amines is 4. The Hall–Kier alpha value is -6.28. The van der Waals surface area contributed by atoms with Crippen LogP contribution in [0.15, 0.2) is 140 Å². The van der Waals surface area contributed by atoms with Gasteiger partial charge in [0.25, 0.3) is 0 Å². The van der Waals surface area contributed by atoms with Gasteiger partial charge in [-0.15, -0.1) is 0 Å². The van der Waals surface area contributed by atoms with Gasteiger partial charge in [-0.3, -0.25) is 0 Å². The quantitative estimate of drug-likeness (QED) is 0.175. The lowest BCUT2D eigenvalue weighted by molar-refractivity contribution is 0.658. The van der Waals surface area contributed by atoms with Crippen LogP contribution in [-0.4, -0.2) is 42.8 Å². The minimum absolute atomic E-state index is 0.791. The number of aliphatic imine (C=N–C) groups is 4. The third-order valence-corrected chi connectivity index (χ3v) is 8.83. The van der Waals surface area contributed by atoms with Crippen LogP contribution in [0.4, 0.5) is 0 Å². The van der Waals surface area contributed by atoms with Gasteiger partial charge < -0.3 is 19.9 Å². The van der Waals surface area contributed by atoms with E-state index in [2.05, 4.69) is 92.8 Å². The number of nitrogens with one attached hydrogen (secondary N) is 4. The molecule has 8 heteroatoms. The van der Waals surface area contributed by atoms with Crippen molar-refractivity contribution in [3.8, 4) is 0 Å². The van der Waals surface area contributed by atoms with Gasteiger partial charge in [0.05, 0.1) is 45.6 Å². The van der Waals surface area contributed by atoms with Crippen LogP contribution < -0.4 is 0 Å². The Morgan fingerprint density at radius 1 is 0.333 bits per heavy atom. The Kier molecular flexibility index (Phi) is 4.77. The molecule has 16 bridgehead atoms. The maximum atomic E-state index is 4.86. The highest BCUT2D eigenvalue weighted by molar-refractivity contribution is 6.52. The van der Waals surface area contributed by atoms with Gasteiger partial charge in [0.2, 0.25) is 0 Å². The van der Waals surface area contributed by atoms with Gasteiger partial charge in [-0.25, -0.2) is 20.0 Å². The van der Waals surface area contributed by atoms with E-state index < -0.39 is 5.41 Å². The maximum Gasteiger partial charge on any atom is 0.130 e. The standard InChI is InChI=1S/C37H24N8/c1-9-29-30-10-2-22(39-30)18-26-6-14-34(43-26)37(33-13-5-25(42-33)17-21(1)38-29)35-15-7-27(44-35)19-23-3-11-31(40-23)32-12-4-24(41-32)20-28-8-16-36(37)45-28/h1-20,42-45H/b21-17-,22-18-,23-19-,24-20-. The predicted molar refractivity (Wildman–Crippen MR) is 180 cm³/mol. The molecule has 0 aromatic carbocycles. The molecule has 1 spiro atoms. The Morgan fingerprint density at radius 3 is 0.867 bits per heavy atom. The summed E-state index contributed by atoms with van der Waals surface area (Å²) in [6.07, 6.45) is 24.5. The molecule has 45 heavy (non-hydrogen) atoms. The summed E-state index contributed by atoms with van der Waals surface area (Å²) in [6.45, 7) is 0. The normalized spacial score (nSPS) is 24.2. The van der Waals surface area contributed by atoms with E-state index in [1.54, 1.807) is 0 Å². The minimum atomic E-state index is -0.791. The summed E-state index contributed by atoms with van der Waals surface area (Å²) >= 11 is 0. The van der Waals surface area contributed by atoms with Crippen molar-refractivity contribution < 1.29 is 0 Å². The van der Waals surface area contributed by atoms with Gasteiger partial charge in [-0.05, 0) is 121 Å². The van der Waals surface area contributed by atoms with E-state index >= 15 is 0 Å². The molecule has 0 saturated carbocycles. The number of aromatic nitrogens is 4. The Balaban J connectivity index is 1.26. The van der Waals surface area contributed by atoms with Crippen molar-refractivity contribution in [2.75, 3.05) is 0 Å². The van der Waals surface area contributed by atoms with Crippen molar-refractivity contribution in [1.29, 1.82) is 0 Å². The van der Waals surface area contributed by atoms with Gasteiger partial charge in [0.15, 0.2) is 0 Å². The van der Waals surface area contributed by atoms with Crippen molar-refractivity contribution in [3.63, 3.8) is 0 Å². The van der Waals surface area contributed by atoms with Crippen molar-refractivity contribution >= 4 is 47.2 Å². The van der Waals surface area contributed by atoms with E-state index in [9.17, 15) is 0 Å². The number of hydrogen-bond donors (Lipinski definition) is 4. The molecule has 10 heterocycles. The average molecular weight is 581 g/mol. The molecule has 0 amide bonds. The molecule has 4 aromatic heterocycles.